The molecular formula is C19H21F2NO2. The van der Waals surface area contributed by atoms with Crippen LogP contribution in [0.2, 0.25) is 0 Å². The third-order valence-electron chi connectivity index (χ3n) is 3.85. The molecule has 0 N–H and O–H groups in total. The van der Waals surface area contributed by atoms with Gasteiger partial charge < -0.3 is 4.74 Å². The molecule has 0 bridgehead atoms. The summed E-state index contributed by atoms with van der Waals surface area (Å²) >= 11 is 0. The van der Waals surface area contributed by atoms with Gasteiger partial charge in [0.1, 0.15) is 6.61 Å². The zero-order chi connectivity index (χ0) is 17.5. The minimum absolute atomic E-state index is 0.00736. The first-order valence-electron chi connectivity index (χ1n) is 7.95. The van der Waals surface area contributed by atoms with E-state index < -0.39 is 17.6 Å². The van der Waals surface area contributed by atoms with Gasteiger partial charge in [0.2, 0.25) is 0 Å². The Bertz CT molecular complexity index is 682. The number of carbonyl (C=O) groups excluding carboxylic acids is 1. The second-order valence-corrected chi connectivity index (χ2v) is 5.48. The summed E-state index contributed by atoms with van der Waals surface area (Å²) in [5.74, 6) is -2.73. The first-order valence-corrected chi connectivity index (χ1v) is 7.95. The fourth-order valence-electron chi connectivity index (χ4n) is 2.30. The van der Waals surface area contributed by atoms with E-state index in [9.17, 15) is 13.6 Å². The summed E-state index contributed by atoms with van der Waals surface area (Å²) in [6.45, 7) is 7.19. The second-order valence-electron chi connectivity index (χ2n) is 5.48. The van der Waals surface area contributed by atoms with Crippen LogP contribution in [0.5, 0.6) is 0 Å². The number of nitrogens with zero attached hydrogens (tertiary/aromatic N) is 1. The Balaban J connectivity index is 1.91. The molecule has 24 heavy (non-hydrogen) atoms. The first kappa shape index (κ1) is 18.1. The molecule has 5 heteroatoms. The highest BCUT2D eigenvalue weighted by molar-refractivity contribution is 5.89. The summed E-state index contributed by atoms with van der Waals surface area (Å²) < 4.78 is 31.1. The maximum absolute atomic E-state index is 13.1. The molecule has 0 aliphatic heterocycles. The van der Waals surface area contributed by atoms with Crippen LogP contribution in [0.1, 0.15) is 35.3 Å². The lowest BCUT2D eigenvalue weighted by molar-refractivity contribution is 0.0472. The Labute approximate surface area is 140 Å². The highest BCUT2D eigenvalue weighted by Crippen LogP contribution is 2.12. The van der Waals surface area contributed by atoms with E-state index in [0.717, 1.165) is 37.3 Å². The normalized spacial score (nSPS) is 10.9. The van der Waals surface area contributed by atoms with E-state index in [2.05, 4.69) is 18.7 Å². The van der Waals surface area contributed by atoms with Gasteiger partial charge in [0, 0.05) is 6.54 Å². The number of hydrogen-bond acceptors (Lipinski definition) is 3. The molecule has 0 fully saturated rings. The molecule has 0 unspecified atom stereocenters. The molecule has 3 nitrogen and oxygen atoms in total. The number of benzene rings is 2. The molecule has 128 valence electrons. The van der Waals surface area contributed by atoms with E-state index in [4.69, 9.17) is 4.74 Å². The van der Waals surface area contributed by atoms with Crippen molar-refractivity contribution in [1.82, 2.24) is 4.90 Å². The molecule has 0 saturated carbocycles. The number of halogens is 2. The van der Waals surface area contributed by atoms with Crippen LogP contribution in [-0.2, 0) is 17.9 Å². The smallest absolute Gasteiger partial charge is 0.338 e. The molecule has 0 saturated heterocycles. The number of rotatable bonds is 7. The average molecular weight is 333 g/mol. The van der Waals surface area contributed by atoms with Gasteiger partial charge in [-0.15, -0.1) is 0 Å². The lowest BCUT2D eigenvalue weighted by Gasteiger charge is -2.18. The van der Waals surface area contributed by atoms with Crippen molar-refractivity contribution in [3.63, 3.8) is 0 Å². The van der Waals surface area contributed by atoms with Crippen LogP contribution in [0.15, 0.2) is 42.5 Å². The third-order valence-corrected chi connectivity index (χ3v) is 3.85. The van der Waals surface area contributed by atoms with Crippen LogP contribution in [0.25, 0.3) is 0 Å². The minimum Gasteiger partial charge on any atom is -0.457 e. The van der Waals surface area contributed by atoms with Crippen molar-refractivity contribution in [3.8, 4) is 0 Å². The number of esters is 1. The Kier molecular flexibility index (Phi) is 6.44. The maximum atomic E-state index is 13.1. The molecule has 0 aliphatic carbocycles. The fourth-order valence-corrected chi connectivity index (χ4v) is 2.30. The molecule has 0 amide bonds. The molecule has 0 heterocycles. The van der Waals surface area contributed by atoms with Crippen molar-refractivity contribution < 1.29 is 18.3 Å². The van der Waals surface area contributed by atoms with Gasteiger partial charge in [0.25, 0.3) is 0 Å². The minimum atomic E-state index is -1.06. The number of hydrogen-bond donors (Lipinski definition) is 0. The average Bonchev–Trinajstić information content (AvgIpc) is 2.61. The molecule has 0 radical (unpaired) electrons. The second kappa shape index (κ2) is 8.55. The van der Waals surface area contributed by atoms with Crippen LogP contribution < -0.4 is 0 Å². The lowest BCUT2D eigenvalue weighted by Crippen LogP contribution is -2.22. The van der Waals surface area contributed by atoms with Crippen molar-refractivity contribution in [2.75, 3.05) is 13.1 Å². The zero-order valence-corrected chi connectivity index (χ0v) is 13.9. The van der Waals surface area contributed by atoms with E-state index in [-0.39, 0.29) is 12.2 Å². The van der Waals surface area contributed by atoms with Crippen LogP contribution in [0, 0.1) is 11.6 Å². The Morgan fingerprint density at radius 3 is 2.17 bits per heavy atom. The molecule has 0 aliphatic rings. The monoisotopic (exact) mass is 333 g/mol. The number of carbonyl (C=O) groups is 1. The summed E-state index contributed by atoms with van der Waals surface area (Å²) in [6.07, 6.45) is 0. The predicted molar refractivity (Wildman–Crippen MR) is 88.5 cm³/mol. The standard InChI is InChI=1S/C19H21F2NO2/c1-3-22(4-2)12-14-5-7-15(8-6-14)13-24-19(23)16-9-10-17(20)18(21)11-16/h5-11H,3-4,12-13H2,1-2H3. The summed E-state index contributed by atoms with van der Waals surface area (Å²) in [5, 5.41) is 0. The molecule has 2 aromatic rings. The van der Waals surface area contributed by atoms with E-state index in [1.54, 1.807) is 0 Å². The van der Waals surface area contributed by atoms with Gasteiger partial charge in [0.15, 0.2) is 11.6 Å². The maximum Gasteiger partial charge on any atom is 0.338 e. The van der Waals surface area contributed by atoms with Crippen molar-refractivity contribution in [1.29, 1.82) is 0 Å². The first-order chi connectivity index (χ1) is 11.5. The molecule has 2 aromatic carbocycles. The van der Waals surface area contributed by atoms with E-state index in [1.165, 1.54) is 11.6 Å². The van der Waals surface area contributed by atoms with Crippen molar-refractivity contribution in [2.24, 2.45) is 0 Å². The van der Waals surface area contributed by atoms with Gasteiger partial charge in [-0.25, -0.2) is 13.6 Å². The van der Waals surface area contributed by atoms with Crippen LogP contribution in [-0.4, -0.2) is 24.0 Å². The highest BCUT2D eigenvalue weighted by atomic mass is 19.2. The Morgan fingerprint density at radius 2 is 1.58 bits per heavy atom. The van der Waals surface area contributed by atoms with Gasteiger partial charge in [-0.05, 0) is 42.4 Å². The quantitative estimate of drug-likeness (QED) is 0.713. The van der Waals surface area contributed by atoms with Crippen molar-refractivity contribution in [2.45, 2.75) is 27.0 Å². The summed E-state index contributed by atoms with van der Waals surface area (Å²) in [5.41, 5.74) is 2.02. The van der Waals surface area contributed by atoms with Gasteiger partial charge in [0.05, 0.1) is 5.56 Å². The molecule has 0 spiro atoms. The molecule has 0 aromatic heterocycles. The SMILES string of the molecule is CCN(CC)Cc1ccc(COC(=O)c2ccc(F)c(F)c2)cc1. The van der Waals surface area contributed by atoms with E-state index in [1.807, 2.05) is 24.3 Å². The van der Waals surface area contributed by atoms with Gasteiger partial charge >= 0.3 is 5.97 Å². The van der Waals surface area contributed by atoms with E-state index in [0.29, 0.717) is 0 Å². The Morgan fingerprint density at radius 1 is 0.958 bits per heavy atom. The molecule has 0 atom stereocenters. The van der Waals surface area contributed by atoms with Crippen LogP contribution in [0.4, 0.5) is 8.78 Å². The summed E-state index contributed by atoms with van der Waals surface area (Å²) in [4.78, 5) is 14.2. The Hall–Kier alpha value is -2.27. The van der Waals surface area contributed by atoms with Crippen LogP contribution >= 0.6 is 0 Å². The van der Waals surface area contributed by atoms with Gasteiger partial charge in [-0.3, -0.25) is 4.90 Å². The van der Waals surface area contributed by atoms with Gasteiger partial charge in [-0.2, -0.15) is 0 Å². The zero-order valence-electron chi connectivity index (χ0n) is 13.9. The lowest BCUT2D eigenvalue weighted by atomic mass is 10.1. The summed E-state index contributed by atoms with van der Waals surface area (Å²) in [7, 11) is 0. The van der Waals surface area contributed by atoms with Crippen molar-refractivity contribution >= 4 is 5.97 Å². The van der Waals surface area contributed by atoms with E-state index >= 15 is 0 Å². The fraction of sp³-hybridized carbons (Fsp3) is 0.316. The topological polar surface area (TPSA) is 29.5 Å². The molecule has 2 rings (SSSR count). The highest BCUT2D eigenvalue weighted by Gasteiger charge is 2.11. The van der Waals surface area contributed by atoms with Gasteiger partial charge in [-0.1, -0.05) is 38.1 Å². The predicted octanol–water partition coefficient (Wildman–Crippen LogP) is 4.16. The van der Waals surface area contributed by atoms with Crippen molar-refractivity contribution in [3.05, 3.63) is 70.8 Å². The summed E-state index contributed by atoms with van der Waals surface area (Å²) in [6, 6.07) is 10.7. The third kappa shape index (κ3) is 4.86. The van der Waals surface area contributed by atoms with Crippen LogP contribution in [0.3, 0.4) is 0 Å². The largest absolute Gasteiger partial charge is 0.457 e. The molecular weight excluding hydrogens is 312 g/mol. The number of ether oxygens (including phenoxy) is 1.